The standard InChI is InChI=1S/C22H22F2N4O2/c1-30-12-19(29)28(9-3-8-25)13-22-7-6-14(11-22)15-10-18(26-27-21(15)22)20-16(23)4-2-5-17(20)24/h2,4-5,10,14H,3,6-7,9,11-13H2,1H3/t14-,22+/m1/s1. The van der Waals surface area contributed by atoms with Crippen molar-refractivity contribution in [2.75, 3.05) is 26.8 Å². The quantitative estimate of drug-likeness (QED) is 0.697. The fraction of sp³-hybridized carbons (Fsp3) is 0.455. The van der Waals surface area contributed by atoms with Gasteiger partial charge in [0.05, 0.1) is 29.4 Å². The highest BCUT2D eigenvalue weighted by Crippen LogP contribution is 2.57. The smallest absolute Gasteiger partial charge is 0.248 e. The van der Waals surface area contributed by atoms with Crippen molar-refractivity contribution in [1.29, 1.82) is 5.26 Å². The minimum absolute atomic E-state index is 0.0467. The maximum Gasteiger partial charge on any atom is 0.248 e. The van der Waals surface area contributed by atoms with Crippen LogP contribution >= 0.6 is 0 Å². The van der Waals surface area contributed by atoms with E-state index in [1.54, 1.807) is 11.0 Å². The second kappa shape index (κ2) is 8.07. The molecule has 0 spiro atoms. The van der Waals surface area contributed by atoms with Gasteiger partial charge in [0.15, 0.2) is 0 Å². The lowest BCUT2D eigenvalue weighted by atomic mass is 9.82. The van der Waals surface area contributed by atoms with E-state index in [0.717, 1.165) is 30.5 Å². The van der Waals surface area contributed by atoms with E-state index in [9.17, 15) is 13.6 Å². The van der Waals surface area contributed by atoms with Crippen molar-refractivity contribution in [3.8, 4) is 17.3 Å². The number of fused-ring (bicyclic) bond motifs is 5. The number of benzene rings is 1. The topological polar surface area (TPSA) is 79.1 Å². The summed E-state index contributed by atoms with van der Waals surface area (Å²) in [7, 11) is 1.46. The van der Waals surface area contributed by atoms with Crippen LogP contribution < -0.4 is 0 Å². The van der Waals surface area contributed by atoms with Gasteiger partial charge >= 0.3 is 0 Å². The SMILES string of the molecule is COCC(=O)N(CCC#N)C[C@]12CC[C@H](C1)c1cc(-c3c(F)cccc3F)nnc12. The van der Waals surface area contributed by atoms with Crippen LogP contribution in [0, 0.1) is 23.0 Å². The first-order valence-electron chi connectivity index (χ1n) is 9.95. The van der Waals surface area contributed by atoms with E-state index < -0.39 is 11.6 Å². The van der Waals surface area contributed by atoms with E-state index in [1.807, 2.05) is 0 Å². The number of hydrogen-bond donors (Lipinski definition) is 0. The summed E-state index contributed by atoms with van der Waals surface area (Å²) in [5.41, 5.74) is 1.41. The Bertz CT molecular complexity index is 1000. The maximum absolute atomic E-state index is 14.2. The minimum atomic E-state index is -0.671. The lowest BCUT2D eigenvalue weighted by Gasteiger charge is -2.34. The van der Waals surface area contributed by atoms with Gasteiger partial charge < -0.3 is 9.64 Å². The predicted molar refractivity (Wildman–Crippen MR) is 104 cm³/mol. The van der Waals surface area contributed by atoms with Crippen molar-refractivity contribution in [2.45, 2.75) is 37.0 Å². The van der Waals surface area contributed by atoms with Crippen LogP contribution in [0.1, 0.15) is 42.9 Å². The maximum atomic E-state index is 14.2. The fourth-order valence-electron chi connectivity index (χ4n) is 4.88. The third kappa shape index (κ3) is 3.43. The average molecular weight is 412 g/mol. The molecule has 6 nitrogen and oxygen atoms in total. The molecule has 2 aliphatic rings. The van der Waals surface area contributed by atoms with Gasteiger partial charge in [0.25, 0.3) is 0 Å². The summed E-state index contributed by atoms with van der Waals surface area (Å²) in [4.78, 5) is 14.2. The Kier molecular flexibility index (Phi) is 5.48. The Hall–Kier alpha value is -2.92. The van der Waals surface area contributed by atoms with E-state index in [-0.39, 0.29) is 41.5 Å². The van der Waals surface area contributed by atoms with Gasteiger partial charge in [0, 0.05) is 25.6 Å². The van der Waals surface area contributed by atoms with E-state index in [0.29, 0.717) is 13.1 Å². The van der Waals surface area contributed by atoms with Gasteiger partial charge in [0.2, 0.25) is 5.91 Å². The number of nitrogens with zero attached hydrogens (tertiary/aromatic N) is 4. The molecule has 2 atom stereocenters. The number of methoxy groups -OCH3 is 1. The highest BCUT2D eigenvalue weighted by molar-refractivity contribution is 5.77. The molecular weight excluding hydrogens is 390 g/mol. The van der Waals surface area contributed by atoms with Gasteiger partial charge in [-0.2, -0.15) is 15.5 Å². The monoisotopic (exact) mass is 412 g/mol. The third-order valence-electron chi connectivity index (χ3n) is 6.20. The van der Waals surface area contributed by atoms with Crippen LogP contribution in [0.2, 0.25) is 0 Å². The zero-order valence-electron chi connectivity index (χ0n) is 16.7. The molecule has 8 heteroatoms. The van der Waals surface area contributed by atoms with Crippen LogP contribution in [0.15, 0.2) is 24.3 Å². The molecule has 0 aliphatic heterocycles. The fourth-order valence-corrected chi connectivity index (χ4v) is 4.88. The van der Waals surface area contributed by atoms with Crippen LogP contribution in [-0.4, -0.2) is 47.8 Å². The Morgan fingerprint density at radius 1 is 1.37 bits per heavy atom. The Morgan fingerprint density at radius 3 is 2.83 bits per heavy atom. The normalized spacial score (nSPS) is 21.3. The Balaban J connectivity index is 1.67. The molecule has 0 saturated heterocycles. The summed E-state index contributed by atoms with van der Waals surface area (Å²) in [5.74, 6) is -1.29. The molecule has 4 rings (SSSR count). The lowest BCUT2D eigenvalue weighted by Crippen LogP contribution is -2.44. The van der Waals surface area contributed by atoms with Crippen molar-refractivity contribution >= 4 is 5.91 Å². The van der Waals surface area contributed by atoms with Crippen molar-refractivity contribution in [1.82, 2.24) is 15.1 Å². The molecule has 30 heavy (non-hydrogen) atoms. The van der Waals surface area contributed by atoms with Crippen LogP contribution in [0.4, 0.5) is 8.78 Å². The highest BCUT2D eigenvalue weighted by Gasteiger charge is 2.52. The van der Waals surface area contributed by atoms with Gasteiger partial charge in [0.1, 0.15) is 18.2 Å². The Labute approximate surface area is 173 Å². The molecule has 1 heterocycles. The number of ether oxygens (including phenoxy) is 1. The molecule has 0 radical (unpaired) electrons. The third-order valence-corrected chi connectivity index (χ3v) is 6.20. The zero-order chi connectivity index (χ0) is 21.3. The Morgan fingerprint density at radius 2 is 2.13 bits per heavy atom. The van der Waals surface area contributed by atoms with E-state index in [1.165, 1.54) is 25.3 Å². The average Bonchev–Trinajstić information content (AvgIpc) is 3.28. The second-order valence-electron chi connectivity index (χ2n) is 8.01. The predicted octanol–water partition coefficient (Wildman–Crippen LogP) is 3.33. The molecule has 1 amide bonds. The minimum Gasteiger partial charge on any atom is -0.375 e. The summed E-state index contributed by atoms with van der Waals surface area (Å²) >= 11 is 0. The largest absolute Gasteiger partial charge is 0.375 e. The molecule has 1 aromatic heterocycles. The number of hydrogen-bond acceptors (Lipinski definition) is 5. The zero-order valence-corrected chi connectivity index (χ0v) is 16.7. The van der Waals surface area contributed by atoms with Gasteiger partial charge in [-0.05, 0) is 48.9 Å². The number of aromatic nitrogens is 2. The number of rotatable bonds is 7. The van der Waals surface area contributed by atoms with Crippen molar-refractivity contribution in [3.05, 3.63) is 47.2 Å². The molecule has 1 fully saturated rings. The summed E-state index contributed by atoms with van der Waals surface area (Å²) < 4.78 is 33.4. The van der Waals surface area contributed by atoms with Crippen LogP contribution in [-0.2, 0) is 14.9 Å². The summed E-state index contributed by atoms with van der Waals surface area (Å²) in [6.07, 6.45) is 2.82. The highest BCUT2D eigenvalue weighted by atomic mass is 19.1. The van der Waals surface area contributed by atoms with E-state index >= 15 is 0 Å². The molecular formula is C22H22F2N4O2. The lowest BCUT2D eigenvalue weighted by molar-refractivity contribution is -0.136. The number of carbonyl (C=O) groups is 1. The molecule has 0 unspecified atom stereocenters. The van der Waals surface area contributed by atoms with Crippen LogP contribution in [0.5, 0.6) is 0 Å². The second-order valence-corrected chi connectivity index (χ2v) is 8.01. The molecule has 1 saturated carbocycles. The molecule has 2 aliphatic carbocycles. The van der Waals surface area contributed by atoms with Crippen molar-refractivity contribution in [3.63, 3.8) is 0 Å². The number of amides is 1. The molecule has 0 N–H and O–H groups in total. The van der Waals surface area contributed by atoms with E-state index in [4.69, 9.17) is 10.00 Å². The summed E-state index contributed by atoms with van der Waals surface area (Å²) in [5, 5.41) is 17.5. The first kappa shape index (κ1) is 20.4. The summed E-state index contributed by atoms with van der Waals surface area (Å²) in [6, 6.07) is 7.55. The van der Waals surface area contributed by atoms with Crippen molar-refractivity contribution in [2.24, 2.45) is 0 Å². The molecule has 2 bridgehead atoms. The van der Waals surface area contributed by atoms with Crippen molar-refractivity contribution < 1.29 is 18.3 Å². The number of nitriles is 1. The van der Waals surface area contributed by atoms with Gasteiger partial charge in [-0.15, -0.1) is 0 Å². The van der Waals surface area contributed by atoms with Gasteiger partial charge in [-0.1, -0.05) is 6.07 Å². The first-order valence-corrected chi connectivity index (χ1v) is 9.95. The van der Waals surface area contributed by atoms with Crippen LogP contribution in [0.25, 0.3) is 11.3 Å². The number of halogens is 2. The molecule has 156 valence electrons. The molecule has 1 aromatic carbocycles. The van der Waals surface area contributed by atoms with Gasteiger partial charge in [-0.25, -0.2) is 8.78 Å². The van der Waals surface area contributed by atoms with Crippen LogP contribution in [0.3, 0.4) is 0 Å². The van der Waals surface area contributed by atoms with Gasteiger partial charge in [-0.3, -0.25) is 4.79 Å². The van der Waals surface area contributed by atoms with E-state index in [2.05, 4.69) is 16.3 Å². The first-order chi connectivity index (χ1) is 14.5. The molecule has 2 aromatic rings. The number of carbonyl (C=O) groups excluding carboxylic acids is 1. The summed E-state index contributed by atoms with van der Waals surface area (Å²) in [6.45, 7) is 0.712.